The van der Waals surface area contributed by atoms with Gasteiger partial charge in [0.05, 0.1) is 5.69 Å². The Bertz CT molecular complexity index is 794. The largest absolute Gasteiger partial charge is 0.477 e. The minimum absolute atomic E-state index is 0.143. The minimum atomic E-state index is -0.990. The van der Waals surface area contributed by atoms with E-state index < -0.39 is 5.97 Å². The fourth-order valence-electron chi connectivity index (χ4n) is 2.12. The zero-order chi connectivity index (χ0) is 14.8. The fourth-order valence-corrected chi connectivity index (χ4v) is 2.12. The third-order valence-electron chi connectivity index (χ3n) is 3.19. The van der Waals surface area contributed by atoms with E-state index in [1.807, 2.05) is 37.3 Å². The molecule has 5 nitrogen and oxygen atoms in total. The Morgan fingerprint density at radius 1 is 1.19 bits per heavy atom. The summed E-state index contributed by atoms with van der Waals surface area (Å²) in [5.41, 5.74) is 3.43. The number of H-pyrrole nitrogens is 1. The second-order valence-corrected chi connectivity index (χ2v) is 4.70. The zero-order valence-corrected chi connectivity index (χ0v) is 11.4. The number of nitrogens with zero attached hydrogens (tertiary/aromatic N) is 2. The van der Waals surface area contributed by atoms with Crippen LogP contribution >= 0.6 is 0 Å². The highest BCUT2D eigenvalue weighted by Crippen LogP contribution is 2.24. The zero-order valence-electron chi connectivity index (χ0n) is 11.4. The van der Waals surface area contributed by atoms with Crippen LogP contribution in [0.15, 0.2) is 48.8 Å². The van der Waals surface area contributed by atoms with Gasteiger partial charge in [0.1, 0.15) is 5.69 Å². The molecule has 3 aromatic rings. The van der Waals surface area contributed by atoms with E-state index in [0.717, 1.165) is 22.4 Å². The molecule has 2 aromatic heterocycles. The molecule has 0 radical (unpaired) electrons. The number of carboxylic acid groups (broad SMARTS) is 1. The Morgan fingerprint density at radius 2 is 1.95 bits per heavy atom. The highest BCUT2D eigenvalue weighted by Gasteiger charge is 2.12. The first-order valence-electron chi connectivity index (χ1n) is 6.46. The van der Waals surface area contributed by atoms with Gasteiger partial charge in [-0.1, -0.05) is 30.3 Å². The van der Waals surface area contributed by atoms with E-state index in [0.29, 0.717) is 5.82 Å². The van der Waals surface area contributed by atoms with Crippen molar-refractivity contribution in [3.8, 4) is 22.6 Å². The fraction of sp³-hybridized carbons (Fsp3) is 0.0625. The predicted octanol–water partition coefficient (Wildman–Crippen LogP) is 3.15. The molecule has 0 fully saturated rings. The Kier molecular flexibility index (Phi) is 3.23. The molecule has 0 atom stereocenters. The van der Waals surface area contributed by atoms with Crippen molar-refractivity contribution < 1.29 is 9.90 Å². The molecular weight excluding hydrogens is 266 g/mol. The van der Waals surface area contributed by atoms with E-state index in [9.17, 15) is 4.79 Å². The predicted molar refractivity (Wildman–Crippen MR) is 79.0 cm³/mol. The van der Waals surface area contributed by atoms with Gasteiger partial charge >= 0.3 is 5.97 Å². The molecule has 5 heteroatoms. The summed E-state index contributed by atoms with van der Waals surface area (Å²) in [5.74, 6) is -0.370. The van der Waals surface area contributed by atoms with Gasteiger partial charge in [-0.2, -0.15) is 0 Å². The van der Waals surface area contributed by atoms with Crippen LogP contribution in [0.5, 0.6) is 0 Å². The minimum Gasteiger partial charge on any atom is -0.477 e. The van der Waals surface area contributed by atoms with Gasteiger partial charge in [-0.15, -0.1) is 0 Å². The molecule has 2 N–H and O–H groups in total. The third kappa shape index (κ3) is 2.53. The van der Waals surface area contributed by atoms with E-state index in [-0.39, 0.29) is 5.69 Å². The van der Waals surface area contributed by atoms with Crippen molar-refractivity contribution in [1.82, 2.24) is 15.0 Å². The van der Waals surface area contributed by atoms with Gasteiger partial charge in [-0.05, 0) is 18.6 Å². The first-order valence-corrected chi connectivity index (χ1v) is 6.46. The Morgan fingerprint density at radius 3 is 2.62 bits per heavy atom. The summed E-state index contributed by atoms with van der Waals surface area (Å²) in [4.78, 5) is 22.6. The summed E-state index contributed by atoms with van der Waals surface area (Å²) in [6, 6.07) is 11.2. The van der Waals surface area contributed by atoms with E-state index in [1.165, 1.54) is 0 Å². The second-order valence-electron chi connectivity index (χ2n) is 4.70. The van der Waals surface area contributed by atoms with Crippen LogP contribution in [0, 0.1) is 6.92 Å². The molecule has 0 unspecified atom stereocenters. The highest BCUT2D eigenvalue weighted by atomic mass is 16.4. The van der Waals surface area contributed by atoms with Gasteiger partial charge in [-0.25, -0.2) is 14.8 Å². The molecule has 2 heterocycles. The maximum Gasteiger partial charge on any atom is 0.352 e. The van der Waals surface area contributed by atoms with Gasteiger partial charge in [0.15, 0.2) is 5.82 Å². The number of aromatic carboxylic acids is 1. The van der Waals surface area contributed by atoms with E-state index >= 15 is 0 Å². The third-order valence-corrected chi connectivity index (χ3v) is 3.19. The van der Waals surface area contributed by atoms with Gasteiger partial charge in [0, 0.05) is 23.5 Å². The van der Waals surface area contributed by atoms with Gasteiger partial charge in [0.25, 0.3) is 0 Å². The van der Waals surface area contributed by atoms with Crippen LogP contribution in [-0.2, 0) is 0 Å². The van der Waals surface area contributed by atoms with Crippen molar-refractivity contribution in [3.63, 3.8) is 0 Å². The first kappa shape index (κ1) is 13.1. The summed E-state index contributed by atoms with van der Waals surface area (Å²) in [5, 5.41) is 8.98. The molecule has 0 bridgehead atoms. The molecule has 1 aromatic carbocycles. The van der Waals surface area contributed by atoms with E-state index in [4.69, 9.17) is 5.11 Å². The maximum absolute atomic E-state index is 11.0. The standard InChI is InChI=1S/C16H13N3O2/c1-10-8-18-15(11-5-3-2-4-6-11)19-14(10)12-7-13(16(20)21)17-9-12/h2-9,17H,1H3,(H,20,21). The lowest BCUT2D eigenvalue weighted by Crippen LogP contribution is -1.95. The average molecular weight is 279 g/mol. The van der Waals surface area contributed by atoms with Gasteiger partial charge in [-0.3, -0.25) is 0 Å². The monoisotopic (exact) mass is 279 g/mol. The van der Waals surface area contributed by atoms with Gasteiger partial charge in [0.2, 0.25) is 0 Å². The number of hydrogen-bond donors (Lipinski definition) is 2. The van der Waals surface area contributed by atoms with Crippen molar-refractivity contribution in [2.45, 2.75) is 6.92 Å². The van der Waals surface area contributed by atoms with Crippen molar-refractivity contribution in [2.24, 2.45) is 0 Å². The SMILES string of the molecule is Cc1cnc(-c2ccccc2)nc1-c1c[nH]c(C(=O)O)c1. The van der Waals surface area contributed by atoms with Gasteiger partial charge < -0.3 is 10.1 Å². The quantitative estimate of drug-likeness (QED) is 0.772. The van der Waals surface area contributed by atoms with Crippen molar-refractivity contribution in [1.29, 1.82) is 0 Å². The van der Waals surface area contributed by atoms with Crippen LogP contribution in [0.4, 0.5) is 0 Å². The molecule has 0 amide bonds. The topological polar surface area (TPSA) is 78.9 Å². The molecule has 0 spiro atoms. The Balaban J connectivity index is 2.07. The molecule has 0 saturated heterocycles. The smallest absolute Gasteiger partial charge is 0.352 e. The van der Waals surface area contributed by atoms with Crippen LogP contribution in [0.2, 0.25) is 0 Å². The molecule has 0 aliphatic rings. The lowest BCUT2D eigenvalue weighted by molar-refractivity contribution is 0.0691. The number of aryl methyl sites for hydroxylation is 1. The summed E-state index contributed by atoms with van der Waals surface area (Å²) in [6.07, 6.45) is 3.39. The van der Waals surface area contributed by atoms with E-state index in [2.05, 4.69) is 15.0 Å². The Hall–Kier alpha value is -2.95. The molecule has 104 valence electrons. The van der Waals surface area contributed by atoms with E-state index in [1.54, 1.807) is 18.5 Å². The number of carbonyl (C=O) groups is 1. The number of benzene rings is 1. The molecule has 21 heavy (non-hydrogen) atoms. The second kappa shape index (κ2) is 5.20. The summed E-state index contributed by atoms with van der Waals surface area (Å²) in [7, 11) is 0. The normalized spacial score (nSPS) is 10.5. The number of aromatic amines is 1. The van der Waals surface area contributed by atoms with Crippen LogP contribution in [0.1, 0.15) is 16.1 Å². The number of aromatic nitrogens is 3. The van der Waals surface area contributed by atoms with Crippen molar-refractivity contribution >= 4 is 5.97 Å². The average Bonchev–Trinajstić information content (AvgIpc) is 2.98. The summed E-state index contributed by atoms with van der Waals surface area (Å²) in [6.45, 7) is 1.90. The summed E-state index contributed by atoms with van der Waals surface area (Å²) < 4.78 is 0. The van der Waals surface area contributed by atoms with Crippen molar-refractivity contribution in [2.75, 3.05) is 0 Å². The van der Waals surface area contributed by atoms with Crippen LogP contribution in [-0.4, -0.2) is 26.0 Å². The lowest BCUT2D eigenvalue weighted by Gasteiger charge is -2.05. The summed E-state index contributed by atoms with van der Waals surface area (Å²) >= 11 is 0. The molecular formula is C16H13N3O2. The lowest BCUT2D eigenvalue weighted by atomic mass is 10.1. The molecule has 0 saturated carbocycles. The molecule has 3 rings (SSSR count). The maximum atomic E-state index is 11.0. The number of carboxylic acids is 1. The highest BCUT2D eigenvalue weighted by molar-refractivity contribution is 5.87. The number of nitrogens with one attached hydrogen (secondary N) is 1. The van der Waals surface area contributed by atoms with Crippen LogP contribution < -0.4 is 0 Å². The first-order chi connectivity index (χ1) is 10.1. The Labute approximate surface area is 121 Å². The molecule has 0 aliphatic carbocycles. The van der Waals surface area contributed by atoms with Crippen molar-refractivity contribution in [3.05, 3.63) is 60.0 Å². The number of rotatable bonds is 3. The van der Waals surface area contributed by atoms with Crippen LogP contribution in [0.25, 0.3) is 22.6 Å². The number of hydrogen-bond acceptors (Lipinski definition) is 3. The van der Waals surface area contributed by atoms with Crippen LogP contribution in [0.3, 0.4) is 0 Å². The molecule has 0 aliphatic heterocycles.